The van der Waals surface area contributed by atoms with Gasteiger partial charge in [0.05, 0.1) is 12.4 Å². The Kier molecular flexibility index (Phi) is 4.08. The fourth-order valence-electron chi connectivity index (χ4n) is 1.52. The molecule has 1 heterocycles. The lowest BCUT2D eigenvalue weighted by Gasteiger charge is -2.34. The molecule has 7 heteroatoms. The van der Waals surface area contributed by atoms with E-state index >= 15 is 0 Å². The van der Waals surface area contributed by atoms with Crippen LogP contribution in [0.5, 0.6) is 0 Å². The summed E-state index contributed by atoms with van der Waals surface area (Å²) in [5.74, 6) is -0.322. The van der Waals surface area contributed by atoms with Gasteiger partial charge in [-0.05, 0) is 6.92 Å². The Morgan fingerprint density at radius 1 is 1.38 bits per heavy atom. The highest BCUT2D eigenvalue weighted by Crippen LogP contribution is 2.21. The summed E-state index contributed by atoms with van der Waals surface area (Å²) >= 11 is 0. The molecule has 0 aromatic carbocycles. The maximum Gasteiger partial charge on any atom is 0.187 e. The second kappa shape index (κ2) is 4.80. The van der Waals surface area contributed by atoms with Crippen molar-refractivity contribution in [2.45, 2.75) is 30.7 Å². The summed E-state index contributed by atoms with van der Waals surface area (Å²) in [5.41, 5.74) is -1.10. The van der Waals surface area contributed by atoms with Crippen LogP contribution in [0.15, 0.2) is 12.2 Å². The number of rotatable bonds is 3. The van der Waals surface area contributed by atoms with Gasteiger partial charge in [-0.2, -0.15) is 0 Å². The number of aliphatic hydroxyl groups is 3. The van der Waals surface area contributed by atoms with Crippen molar-refractivity contribution in [3.63, 3.8) is 0 Å². The van der Waals surface area contributed by atoms with Gasteiger partial charge < -0.3 is 20.1 Å². The summed E-state index contributed by atoms with van der Waals surface area (Å²) in [5, 5.41) is 28.0. The fourth-order valence-corrected chi connectivity index (χ4v) is 3.24. The van der Waals surface area contributed by atoms with Gasteiger partial charge in [-0.25, -0.2) is 8.42 Å². The van der Waals surface area contributed by atoms with E-state index in [1.807, 2.05) is 0 Å². The zero-order valence-corrected chi connectivity index (χ0v) is 9.72. The Morgan fingerprint density at radius 2 is 1.94 bits per heavy atom. The van der Waals surface area contributed by atoms with Crippen molar-refractivity contribution in [1.29, 1.82) is 0 Å². The first-order chi connectivity index (χ1) is 7.25. The van der Waals surface area contributed by atoms with Crippen LogP contribution in [-0.4, -0.2) is 59.8 Å². The molecule has 0 bridgehead atoms. The highest BCUT2D eigenvalue weighted by molar-refractivity contribution is 7.92. The highest BCUT2D eigenvalue weighted by Gasteiger charge is 2.44. The van der Waals surface area contributed by atoms with E-state index in [0.717, 1.165) is 0 Å². The molecular formula is C9H16O6S. The summed E-state index contributed by atoms with van der Waals surface area (Å²) in [6.45, 7) is 4.68. The van der Waals surface area contributed by atoms with Crippen molar-refractivity contribution in [3.8, 4) is 0 Å². The van der Waals surface area contributed by atoms with Gasteiger partial charge in [0.1, 0.15) is 18.3 Å². The minimum atomic E-state index is -3.73. The minimum absolute atomic E-state index is 0.321. The molecule has 16 heavy (non-hydrogen) atoms. The summed E-state index contributed by atoms with van der Waals surface area (Å²) in [6.07, 6.45) is -4.43. The number of sulfone groups is 1. The molecule has 6 nitrogen and oxygen atoms in total. The van der Waals surface area contributed by atoms with Crippen LogP contribution in [0.2, 0.25) is 0 Å². The Bertz CT molecular complexity index is 362. The molecule has 0 amide bonds. The van der Waals surface area contributed by atoms with Crippen LogP contribution in [0, 0.1) is 0 Å². The van der Waals surface area contributed by atoms with Gasteiger partial charge in [0.2, 0.25) is 0 Å². The lowest BCUT2D eigenvalue weighted by Crippen LogP contribution is -2.55. The summed E-state index contributed by atoms with van der Waals surface area (Å²) in [6, 6.07) is 0. The second-order valence-electron chi connectivity index (χ2n) is 4.01. The average molecular weight is 252 g/mol. The van der Waals surface area contributed by atoms with E-state index in [-0.39, 0.29) is 12.4 Å². The van der Waals surface area contributed by atoms with E-state index in [4.69, 9.17) is 9.84 Å². The van der Waals surface area contributed by atoms with Crippen molar-refractivity contribution in [2.24, 2.45) is 0 Å². The van der Waals surface area contributed by atoms with Gasteiger partial charge >= 0.3 is 0 Å². The van der Waals surface area contributed by atoms with E-state index in [1.54, 1.807) is 0 Å². The molecule has 1 rings (SSSR count). The van der Waals surface area contributed by atoms with E-state index in [0.29, 0.717) is 5.57 Å². The van der Waals surface area contributed by atoms with Crippen LogP contribution in [-0.2, 0) is 14.6 Å². The maximum atomic E-state index is 11.7. The largest absolute Gasteiger partial charge is 0.388 e. The molecular weight excluding hydrogens is 236 g/mol. The Morgan fingerprint density at radius 3 is 2.44 bits per heavy atom. The van der Waals surface area contributed by atoms with Crippen molar-refractivity contribution in [1.82, 2.24) is 0 Å². The molecule has 94 valence electrons. The Labute approximate surface area is 94.1 Å². The molecule has 0 aliphatic carbocycles. The number of hydrogen-bond donors (Lipinski definition) is 3. The molecule has 1 fully saturated rings. The third-order valence-electron chi connectivity index (χ3n) is 2.26. The molecule has 4 atom stereocenters. The molecule has 0 aromatic heterocycles. The SMILES string of the molecule is C=C(C)CS(=O)(=O)[C@H]1OC[C@@H](O)[C@@H](O)[C@@H]1O. The second-order valence-corrected chi connectivity index (χ2v) is 6.09. The van der Waals surface area contributed by atoms with Crippen LogP contribution >= 0.6 is 0 Å². The number of aliphatic hydroxyl groups excluding tert-OH is 3. The summed E-state index contributed by atoms with van der Waals surface area (Å²) < 4.78 is 28.3. The Hall–Kier alpha value is -0.470. The van der Waals surface area contributed by atoms with E-state index in [1.165, 1.54) is 6.92 Å². The highest BCUT2D eigenvalue weighted by atomic mass is 32.2. The van der Waals surface area contributed by atoms with Gasteiger partial charge in [-0.3, -0.25) is 0 Å². The first-order valence-electron chi connectivity index (χ1n) is 4.77. The third-order valence-corrected chi connectivity index (χ3v) is 4.27. The molecule has 0 spiro atoms. The van der Waals surface area contributed by atoms with E-state index < -0.39 is 33.6 Å². The smallest absolute Gasteiger partial charge is 0.187 e. The Balaban J connectivity index is 2.85. The quantitative estimate of drug-likeness (QED) is 0.523. The summed E-state index contributed by atoms with van der Waals surface area (Å²) in [4.78, 5) is 0. The van der Waals surface area contributed by atoms with Gasteiger partial charge in [-0.1, -0.05) is 12.2 Å². The molecule has 1 saturated heterocycles. The molecule has 0 saturated carbocycles. The molecule has 0 unspecified atom stereocenters. The van der Waals surface area contributed by atoms with E-state index in [2.05, 4.69) is 6.58 Å². The molecule has 1 aliphatic heterocycles. The zero-order chi connectivity index (χ0) is 12.5. The van der Waals surface area contributed by atoms with Gasteiger partial charge in [0.25, 0.3) is 0 Å². The topological polar surface area (TPSA) is 104 Å². The maximum absolute atomic E-state index is 11.7. The van der Waals surface area contributed by atoms with Crippen LogP contribution in [0.1, 0.15) is 6.92 Å². The minimum Gasteiger partial charge on any atom is -0.388 e. The summed E-state index contributed by atoms with van der Waals surface area (Å²) in [7, 11) is -3.73. The molecule has 0 aromatic rings. The average Bonchev–Trinajstić information content (AvgIpc) is 2.11. The van der Waals surface area contributed by atoms with Gasteiger partial charge in [-0.15, -0.1) is 0 Å². The normalized spacial score (nSPS) is 36.0. The lowest BCUT2D eigenvalue weighted by molar-refractivity contribution is -0.163. The first-order valence-corrected chi connectivity index (χ1v) is 6.49. The van der Waals surface area contributed by atoms with Crippen molar-refractivity contribution < 1.29 is 28.5 Å². The lowest BCUT2D eigenvalue weighted by atomic mass is 10.1. The van der Waals surface area contributed by atoms with Crippen molar-refractivity contribution >= 4 is 9.84 Å². The molecule has 1 aliphatic rings. The van der Waals surface area contributed by atoms with Crippen LogP contribution in [0.25, 0.3) is 0 Å². The third kappa shape index (κ3) is 2.80. The van der Waals surface area contributed by atoms with Crippen LogP contribution in [0.3, 0.4) is 0 Å². The zero-order valence-electron chi connectivity index (χ0n) is 8.91. The van der Waals surface area contributed by atoms with Crippen LogP contribution < -0.4 is 0 Å². The number of hydrogen-bond acceptors (Lipinski definition) is 6. The van der Waals surface area contributed by atoms with Gasteiger partial charge in [0.15, 0.2) is 15.3 Å². The van der Waals surface area contributed by atoms with Crippen molar-refractivity contribution in [2.75, 3.05) is 12.4 Å². The predicted octanol–water partition coefficient (Wildman–Crippen LogP) is -1.58. The number of ether oxygens (including phenoxy) is 1. The van der Waals surface area contributed by atoms with Crippen molar-refractivity contribution in [3.05, 3.63) is 12.2 Å². The molecule has 0 radical (unpaired) electrons. The van der Waals surface area contributed by atoms with Crippen LogP contribution in [0.4, 0.5) is 0 Å². The standard InChI is InChI=1S/C9H16O6S/c1-5(2)4-16(13,14)9-8(12)7(11)6(10)3-15-9/h6-12H,1,3-4H2,2H3/t6-,7-,8+,9-/m1/s1. The fraction of sp³-hybridized carbons (Fsp3) is 0.778. The monoisotopic (exact) mass is 252 g/mol. The molecule has 3 N–H and O–H groups in total. The van der Waals surface area contributed by atoms with E-state index in [9.17, 15) is 18.6 Å². The predicted molar refractivity (Wildman–Crippen MR) is 56.4 cm³/mol. The van der Waals surface area contributed by atoms with Gasteiger partial charge in [0, 0.05) is 0 Å². The first kappa shape index (κ1) is 13.6.